The van der Waals surface area contributed by atoms with E-state index in [1.54, 1.807) is 6.20 Å². The fourth-order valence-electron chi connectivity index (χ4n) is 3.79. The minimum atomic E-state index is -0.166. The van der Waals surface area contributed by atoms with Gasteiger partial charge in [0, 0.05) is 37.9 Å². The first-order valence-electron chi connectivity index (χ1n) is 9.55. The molecule has 4 heterocycles. The van der Waals surface area contributed by atoms with Gasteiger partial charge < -0.3 is 14.3 Å². The molecule has 0 aliphatic carbocycles. The van der Waals surface area contributed by atoms with E-state index in [0.29, 0.717) is 11.7 Å². The van der Waals surface area contributed by atoms with E-state index >= 15 is 0 Å². The van der Waals surface area contributed by atoms with Crippen LogP contribution in [0.25, 0.3) is 11.4 Å². The van der Waals surface area contributed by atoms with E-state index in [2.05, 4.69) is 26.9 Å². The highest BCUT2D eigenvalue weighted by atomic mass is 16.5. The number of carbonyl (C=O) groups is 1. The molecule has 0 N–H and O–H groups in total. The zero-order valence-electron chi connectivity index (χ0n) is 15.2. The molecule has 0 spiro atoms. The summed E-state index contributed by atoms with van der Waals surface area (Å²) in [6.45, 7) is 5.73. The number of carbonyl (C=O) groups excluding carboxylic acids is 1. The number of hydrogen-bond acceptors (Lipinski definition) is 6. The minimum Gasteiger partial charge on any atom is -0.357 e. The van der Waals surface area contributed by atoms with Crippen LogP contribution in [0.5, 0.6) is 0 Å². The second-order valence-corrected chi connectivity index (χ2v) is 7.37. The molecule has 2 saturated heterocycles. The fraction of sp³-hybridized carbons (Fsp3) is 0.579. The van der Waals surface area contributed by atoms with Crippen LogP contribution in [0.4, 0.5) is 5.82 Å². The Morgan fingerprint density at radius 3 is 2.85 bits per heavy atom. The van der Waals surface area contributed by atoms with Gasteiger partial charge in [-0.25, -0.2) is 4.98 Å². The molecule has 2 aliphatic heterocycles. The van der Waals surface area contributed by atoms with Crippen LogP contribution < -0.4 is 4.90 Å². The van der Waals surface area contributed by atoms with E-state index in [1.807, 2.05) is 17.0 Å². The Morgan fingerprint density at radius 2 is 2.04 bits per heavy atom. The fourth-order valence-corrected chi connectivity index (χ4v) is 3.79. The summed E-state index contributed by atoms with van der Waals surface area (Å²) in [5.74, 6) is 1.80. The van der Waals surface area contributed by atoms with Gasteiger partial charge in [-0.05, 0) is 50.2 Å². The van der Waals surface area contributed by atoms with Crippen LogP contribution in [0.2, 0.25) is 0 Å². The predicted molar refractivity (Wildman–Crippen MR) is 97.9 cm³/mol. The Balaban J connectivity index is 1.51. The number of hydrogen-bond donors (Lipinski definition) is 0. The third kappa shape index (κ3) is 3.57. The Kier molecular flexibility index (Phi) is 4.86. The maximum atomic E-state index is 12.6. The molecule has 26 heavy (non-hydrogen) atoms. The first-order chi connectivity index (χ1) is 12.7. The second-order valence-electron chi connectivity index (χ2n) is 7.37. The van der Waals surface area contributed by atoms with Crippen LogP contribution in [0, 0.1) is 5.92 Å². The Bertz CT molecular complexity index is 769. The van der Waals surface area contributed by atoms with Gasteiger partial charge in [0.1, 0.15) is 5.82 Å². The number of pyridine rings is 1. The van der Waals surface area contributed by atoms with Gasteiger partial charge in [0.05, 0.1) is 0 Å². The molecule has 0 aromatic carbocycles. The maximum Gasteiger partial charge on any atom is 0.316 e. The summed E-state index contributed by atoms with van der Waals surface area (Å²) in [6.07, 6.45) is 7.62. The number of amides is 1. The van der Waals surface area contributed by atoms with Gasteiger partial charge in [-0.2, -0.15) is 4.98 Å². The molecule has 7 heteroatoms. The normalized spacial score (nSPS) is 21.0. The van der Waals surface area contributed by atoms with Gasteiger partial charge in [0.2, 0.25) is 5.82 Å². The Hall–Kier alpha value is -2.44. The molecule has 4 rings (SSSR count). The van der Waals surface area contributed by atoms with Crippen molar-refractivity contribution in [3.63, 3.8) is 0 Å². The van der Waals surface area contributed by atoms with Crippen molar-refractivity contribution >= 4 is 11.7 Å². The summed E-state index contributed by atoms with van der Waals surface area (Å²) >= 11 is 0. The van der Waals surface area contributed by atoms with Gasteiger partial charge in [0.15, 0.2) is 0 Å². The van der Waals surface area contributed by atoms with E-state index in [-0.39, 0.29) is 11.8 Å². The Morgan fingerprint density at radius 1 is 1.19 bits per heavy atom. The highest BCUT2D eigenvalue weighted by Gasteiger charge is 2.26. The average Bonchev–Trinajstić information content (AvgIpc) is 3.18. The van der Waals surface area contributed by atoms with E-state index < -0.39 is 0 Å². The van der Waals surface area contributed by atoms with E-state index in [1.165, 1.54) is 19.3 Å². The zero-order chi connectivity index (χ0) is 17.9. The quantitative estimate of drug-likeness (QED) is 0.842. The highest BCUT2D eigenvalue weighted by molar-refractivity contribution is 5.90. The van der Waals surface area contributed by atoms with E-state index in [9.17, 15) is 4.79 Å². The molecule has 1 atom stereocenters. The highest BCUT2D eigenvalue weighted by Crippen LogP contribution is 2.24. The number of anilines is 1. The molecule has 0 saturated carbocycles. The molecular weight excluding hydrogens is 330 g/mol. The first-order valence-corrected chi connectivity index (χ1v) is 9.55. The van der Waals surface area contributed by atoms with Crippen molar-refractivity contribution in [2.75, 3.05) is 31.1 Å². The number of rotatable bonds is 3. The molecule has 0 unspecified atom stereocenters. The van der Waals surface area contributed by atoms with Crippen molar-refractivity contribution in [1.82, 2.24) is 20.0 Å². The standard InChI is InChI=1S/C19H25N5O2/c1-14-6-5-11-24(13-14)19(25)18-21-17(22-26-18)15-7-8-20-16(12-15)23-9-3-2-4-10-23/h7-8,12,14H,2-6,9-11,13H2,1H3/t14-/m0/s1. The second kappa shape index (κ2) is 7.43. The topological polar surface area (TPSA) is 75.4 Å². The van der Waals surface area contributed by atoms with E-state index in [4.69, 9.17) is 4.52 Å². The van der Waals surface area contributed by atoms with Crippen molar-refractivity contribution in [2.45, 2.75) is 39.0 Å². The third-order valence-corrected chi connectivity index (χ3v) is 5.24. The lowest BCUT2D eigenvalue weighted by Gasteiger charge is -2.29. The number of likely N-dealkylation sites (tertiary alicyclic amines) is 1. The molecule has 2 fully saturated rings. The van der Waals surface area contributed by atoms with Gasteiger partial charge in [-0.15, -0.1) is 0 Å². The van der Waals surface area contributed by atoms with Gasteiger partial charge >= 0.3 is 11.8 Å². The molecule has 0 bridgehead atoms. The number of piperidine rings is 2. The summed E-state index contributed by atoms with van der Waals surface area (Å²) in [5.41, 5.74) is 0.829. The smallest absolute Gasteiger partial charge is 0.316 e. The lowest BCUT2D eigenvalue weighted by Crippen LogP contribution is -2.39. The van der Waals surface area contributed by atoms with Crippen molar-refractivity contribution < 1.29 is 9.32 Å². The van der Waals surface area contributed by atoms with Crippen molar-refractivity contribution in [3.05, 3.63) is 24.2 Å². The SMILES string of the molecule is C[C@H]1CCCN(C(=O)c2nc(-c3ccnc(N4CCCCC4)c3)no2)C1. The van der Waals surface area contributed by atoms with Crippen LogP contribution in [-0.4, -0.2) is 52.1 Å². The molecule has 138 valence electrons. The van der Waals surface area contributed by atoms with Gasteiger partial charge in [-0.1, -0.05) is 12.1 Å². The van der Waals surface area contributed by atoms with Crippen molar-refractivity contribution in [3.8, 4) is 11.4 Å². The monoisotopic (exact) mass is 355 g/mol. The molecule has 2 aromatic heterocycles. The van der Waals surface area contributed by atoms with E-state index in [0.717, 1.165) is 50.4 Å². The predicted octanol–water partition coefficient (Wildman–Crippen LogP) is 2.99. The lowest BCUT2D eigenvalue weighted by molar-refractivity contribution is 0.0633. The van der Waals surface area contributed by atoms with Crippen LogP contribution in [-0.2, 0) is 0 Å². The number of nitrogens with zero attached hydrogens (tertiary/aromatic N) is 5. The molecule has 0 radical (unpaired) electrons. The summed E-state index contributed by atoms with van der Waals surface area (Å²) in [7, 11) is 0. The van der Waals surface area contributed by atoms with Crippen LogP contribution >= 0.6 is 0 Å². The summed E-state index contributed by atoms with van der Waals surface area (Å²) in [6, 6.07) is 3.84. The minimum absolute atomic E-state index is 0.0745. The molecule has 2 aromatic rings. The summed E-state index contributed by atoms with van der Waals surface area (Å²) in [5, 5.41) is 4.03. The van der Waals surface area contributed by atoms with Gasteiger partial charge in [0.25, 0.3) is 0 Å². The molecule has 7 nitrogen and oxygen atoms in total. The maximum absolute atomic E-state index is 12.6. The van der Waals surface area contributed by atoms with Crippen molar-refractivity contribution in [1.29, 1.82) is 0 Å². The lowest BCUT2D eigenvalue weighted by atomic mass is 10.0. The van der Waals surface area contributed by atoms with Crippen LogP contribution in [0.1, 0.15) is 49.7 Å². The van der Waals surface area contributed by atoms with Crippen LogP contribution in [0.15, 0.2) is 22.9 Å². The molecular formula is C19H25N5O2. The summed E-state index contributed by atoms with van der Waals surface area (Å²) in [4.78, 5) is 25.5. The Labute approximate surface area is 153 Å². The summed E-state index contributed by atoms with van der Waals surface area (Å²) < 4.78 is 5.27. The molecule has 1 amide bonds. The first kappa shape index (κ1) is 17.0. The number of aromatic nitrogens is 3. The largest absolute Gasteiger partial charge is 0.357 e. The third-order valence-electron chi connectivity index (χ3n) is 5.24. The van der Waals surface area contributed by atoms with Crippen molar-refractivity contribution in [2.24, 2.45) is 5.92 Å². The van der Waals surface area contributed by atoms with Gasteiger partial charge in [-0.3, -0.25) is 4.79 Å². The average molecular weight is 355 g/mol. The molecule has 2 aliphatic rings. The zero-order valence-corrected chi connectivity index (χ0v) is 15.2. The van der Waals surface area contributed by atoms with Crippen LogP contribution in [0.3, 0.4) is 0 Å².